The van der Waals surface area contributed by atoms with Crippen molar-refractivity contribution >= 4 is 5.97 Å². The first-order valence-corrected chi connectivity index (χ1v) is 5.54. The van der Waals surface area contributed by atoms with Gasteiger partial charge in [0.25, 0.3) is 0 Å². The number of hydrogen-bond donors (Lipinski definition) is 0. The standard InChI is InChI=1S/C13H17FO2/c1-3-5-10(2)13(15)16-9-11-6-4-7-12(14)8-11/h4,6-8,10H,3,5,9H2,1-2H3. The van der Waals surface area contributed by atoms with Crippen molar-refractivity contribution in [3.05, 3.63) is 35.6 Å². The Morgan fingerprint density at radius 3 is 2.88 bits per heavy atom. The third-order valence-electron chi connectivity index (χ3n) is 2.39. The molecule has 88 valence electrons. The van der Waals surface area contributed by atoms with Crippen LogP contribution in [0.4, 0.5) is 4.39 Å². The molecule has 1 aromatic carbocycles. The van der Waals surface area contributed by atoms with Gasteiger partial charge in [-0.3, -0.25) is 4.79 Å². The quantitative estimate of drug-likeness (QED) is 0.717. The number of ether oxygens (including phenoxy) is 1. The minimum atomic E-state index is -0.310. The lowest BCUT2D eigenvalue weighted by molar-refractivity contribution is -0.149. The number of carbonyl (C=O) groups excluding carboxylic acids is 1. The minimum absolute atomic E-state index is 0.0847. The topological polar surface area (TPSA) is 26.3 Å². The van der Waals surface area contributed by atoms with Gasteiger partial charge in [-0.2, -0.15) is 0 Å². The maximum absolute atomic E-state index is 12.8. The molecule has 0 saturated carbocycles. The summed E-state index contributed by atoms with van der Waals surface area (Å²) < 4.78 is 17.9. The van der Waals surface area contributed by atoms with Gasteiger partial charge in [0.15, 0.2) is 0 Å². The first-order valence-electron chi connectivity index (χ1n) is 5.54. The number of halogens is 1. The summed E-state index contributed by atoms with van der Waals surface area (Å²) in [6, 6.07) is 6.08. The van der Waals surface area contributed by atoms with Crippen molar-refractivity contribution in [2.75, 3.05) is 0 Å². The average molecular weight is 224 g/mol. The lowest BCUT2D eigenvalue weighted by atomic mass is 10.1. The van der Waals surface area contributed by atoms with E-state index in [9.17, 15) is 9.18 Å². The summed E-state index contributed by atoms with van der Waals surface area (Å²) in [5.41, 5.74) is 0.678. The largest absolute Gasteiger partial charge is 0.461 e. The van der Waals surface area contributed by atoms with Gasteiger partial charge < -0.3 is 4.74 Å². The van der Waals surface area contributed by atoms with E-state index < -0.39 is 0 Å². The fraction of sp³-hybridized carbons (Fsp3) is 0.462. The Morgan fingerprint density at radius 2 is 2.25 bits per heavy atom. The summed E-state index contributed by atoms with van der Waals surface area (Å²) >= 11 is 0. The molecule has 0 amide bonds. The van der Waals surface area contributed by atoms with E-state index in [0.717, 1.165) is 12.8 Å². The molecule has 1 rings (SSSR count). The fourth-order valence-electron chi connectivity index (χ4n) is 1.47. The van der Waals surface area contributed by atoms with E-state index in [1.165, 1.54) is 12.1 Å². The molecule has 1 atom stereocenters. The molecule has 0 N–H and O–H groups in total. The monoisotopic (exact) mass is 224 g/mol. The highest BCUT2D eigenvalue weighted by molar-refractivity contribution is 5.71. The third-order valence-corrected chi connectivity index (χ3v) is 2.39. The van der Waals surface area contributed by atoms with Crippen LogP contribution in [0, 0.1) is 11.7 Å². The van der Waals surface area contributed by atoms with Crippen molar-refractivity contribution in [3.63, 3.8) is 0 Å². The van der Waals surface area contributed by atoms with E-state index in [4.69, 9.17) is 4.74 Å². The Balaban J connectivity index is 2.42. The van der Waals surface area contributed by atoms with Crippen LogP contribution in [0.1, 0.15) is 32.3 Å². The second-order valence-corrected chi connectivity index (χ2v) is 3.93. The van der Waals surface area contributed by atoms with Gasteiger partial charge in [0, 0.05) is 0 Å². The predicted molar refractivity (Wildman–Crippen MR) is 60.3 cm³/mol. The van der Waals surface area contributed by atoms with E-state index in [1.54, 1.807) is 12.1 Å². The van der Waals surface area contributed by atoms with Gasteiger partial charge in [-0.25, -0.2) is 4.39 Å². The predicted octanol–water partition coefficient (Wildman–Crippen LogP) is 3.31. The Hall–Kier alpha value is -1.38. The van der Waals surface area contributed by atoms with E-state index in [-0.39, 0.29) is 24.3 Å². The van der Waals surface area contributed by atoms with Crippen LogP contribution >= 0.6 is 0 Å². The van der Waals surface area contributed by atoms with Gasteiger partial charge >= 0.3 is 5.97 Å². The van der Waals surface area contributed by atoms with Crippen LogP contribution < -0.4 is 0 Å². The zero-order chi connectivity index (χ0) is 12.0. The van der Waals surface area contributed by atoms with Gasteiger partial charge in [0.2, 0.25) is 0 Å². The molecule has 0 fully saturated rings. The highest BCUT2D eigenvalue weighted by Crippen LogP contribution is 2.10. The van der Waals surface area contributed by atoms with Crippen molar-refractivity contribution in [1.29, 1.82) is 0 Å². The molecule has 0 aromatic heterocycles. The van der Waals surface area contributed by atoms with Crippen LogP contribution in [-0.4, -0.2) is 5.97 Å². The summed E-state index contributed by atoms with van der Waals surface area (Å²) in [5, 5.41) is 0. The van der Waals surface area contributed by atoms with Crippen LogP contribution in [0.15, 0.2) is 24.3 Å². The second-order valence-electron chi connectivity index (χ2n) is 3.93. The van der Waals surface area contributed by atoms with Crippen molar-refractivity contribution < 1.29 is 13.9 Å². The second kappa shape index (κ2) is 6.26. The maximum atomic E-state index is 12.8. The SMILES string of the molecule is CCCC(C)C(=O)OCc1cccc(F)c1. The Labute approximate surface area is 95.4 Å². The smallest absolute Gasteiger partial charge is 0.308 e. The molecule has 0 bridgehead atoms. The normalized spacial score (nSPS) is 12.2. The highest BCUT2D eigenvalue weighted by atomic mass is 19.1. The zero-order valence-corrected chi connectivity index (χ0v) is 9.70. The highest BCUT2D eigenvalue weighted by Gasteiger charge is 2.13. The lowest BCUT2D eigenvalue weighted by Crippen LogP contribution is -2.14. The Kier molecular flexibility index (Phi) is 4.96. The van der Waals surface area contributed by atoms with Gasteiger partial charge in [0.1, 0.15) is 12.4 Å². The van der Waals surface area contributed by atoms with Crippen LogP contribution in [0.25, 0.3) is 0 Å². The van der Waals surface area contributed by atoms with Crippen molar-refractivity contribution in [3.8, 4) is 0 Å². The van der Waals surface area contributed by atoms with Crippen molar-refractivity contribution in [2.45, 2.75) is 33.3 Å². The first-order chi connectivity index (χ1) is 7.63. The van der Waals surface area contributed by atoms with E-state index in [1.807, 2.05) is 13.8 Å². The molecule has 0 aliphatic rings. The van der Waals surface area contributed by atoms with Crippen molar-refractivity contribution in [1.82, 2.24) is 0 Å². The molecule has 1 unspecified atom stereocenters. The van der Waals surface area contributed by atoms with Crippen molar-refractivity contribution in [2.24, 2.45) is 5.92 Å². The fourth-order valence-corrected chi connectivity index (χ4v) is 1.47. The first kappa shape index (κ1) is 12.7. The van der Waals surface area contributed by atoms with Crippen LogP contribution in [0.3, 0.4) is 0 Å². The van der Waals surface area contributed by atoms with Gasteiger partial charge in [0.05, 0.1) is 5.92 Å². The minimum Gasteiger partial charge on any atom is -0.461 e. The molecule has 0 saturated heterocycles. The number of carbonyl (C=O) groups is 1. The molecular formula is C13H17FO2. The molecule has 0 aliphatic carbocycles. The summed E-state index contributed by atoms with van der Waals surface area (Å²) in [5.74, 6) is -0.611. The van der Waals surface area contributed by atoms with Crippen LogP contribution in [0.5, 0.6) is 0 Å². The zero-order valence-electron chi connectivity index (χ0n) is 9.70. The number of rotatable bonds is 5. The Bertz CT molecular complexity index is 350. The maximum Gasteiger partial charge on any atom is 0.308 e. The molecule has 1 aromatic rings. The van der Waals surface area contributed by atoms with Gasteiger partial charge in [-0.15, -0.1) is 0 Å². The molecule has 0 spiro atoms. The molecule has 16 heavy (non-hydrogen) atoms. The van der Waals surface area contributed by atoms with E-state index in [0.29, 0.717) is 5.56 Å². The van der Waals surface area contributed by atoms with Gasteiger partial charge in [-0.05, 0) is 24.1 Å². The molecular weight excluding hydrogens is 207 g/mol. The summed E-state index contributed by atoms with van der Waals surface area (Å²) in [4.78, 5) is 11.5. The van der Waals surface area contributed by atoms with E-state index in [2.05, 4.69) is 0 Å². The summed E-state index contributed by atoms with van der Waals surface area (Å²) in [6.07, 6.45) is 1.78. The molecule has 2 nitrogen and oxygen atoms in total. The molecule has 0 aliphatic heterocycles. The third kappa shape index (κ3) is 4.01. The molecule has 0 heterocycles. The number of benzene rings is 1. The molecule has 3 heteroatoms. The number of hydrogen-bond acceptors (Lipinski definition) is 2. The summed E-state index contributed by atoms with van der Waals surface area (Å²) in [7, 11) is 0. The lowest BCUT2D eigenvalue weighted by Gasteiger charge is -2.10. The molecule has 0 radical (unpaired) electrons. The summed E-state index contributed by atoms with van der Waals surface area (Å²) in [6.45, 7) is 4.01. The van der Waals surface area contributed by atoms with Gasteiger partial charge in [-0.1, -0.05) is 32.4 Å². The van der Waals surface area contributed by atoms with Crippen LogP contribution in [0.2, 0.25) is 0 Å². The van der Waals surface area contributed by atoms with E-state index >= 15 is 0 Å². The van der Waals surface area contributed by atoms with Crippen LogP contribution in [-0.2, 0) is 16.1 Å². The number of esters is 1. The average Bonchev–Trinajstić information content (AvgIpc) is 2.26. The Morgan fingerprint density at radius 1 is 1.50 bits per heavy atom.